The number of benzene rings is 1. The second kappa shape index (κ2) is 12.5. The molecule has 3 rings (SSSR count). The molecule has 33 heavy (non-hydrogen) atoms. The Morgan fingerprint density at radius 2 is 1.85 bits per heavy atom. The van der Waals surface area contributed by atoms with Gasteiger partial charge in [-0.3, -0.25) is 14.5 Å². The fourth-order valence-electron chi connectivity index (χ4n) is 3.74. The summed E-state index contributed by atoms with van der Waals surface area (Å²) < 4.78 is 10.4. The Morgan fingerprint density at radius 3 is 2.52 bits per heavy atom. The Hall–Kier alpha value is -2.73. The number of amides is 2. The minimum absolute atomic E-state index is 0.191. The Labute approximate surface area is 198 Å². The molecular weight excluding hydrogens is 444 g/mol. The molecule has 1 aromatic heterocycles. The van der Waals surface area contributed by atoms with Gasteiger partial charge in [0.1, 0.15) is 5.69 Å². The number of rotatable bonds is 12. The summed E-state index contributed by atoms with van der Waals surface area (Å²) in [4.78, 5) is 32.7. The fourth-order valence-corrected chi connectivity index (χ4v) is 4.44. The summed E-state index contributed by atoms with van der Waals surface area (Å²) in [5.74, 6) is -0.387. The van der Waals surface area contributed by atoms with Crippen LogP contribution in [0.3, 0.4) is 0 Å². The molecule has 0 bridgehead atoms. The average molecular weight is 477 g/mol. The largest absolute Gasteiger partial charge is 0.384 e. The van der Waals surface area contributed by atoms with Gasteiger partial charge < -0.3 is 30.7 Å². The zero-order chi connectivity index (χ0) is 23.6. The van der Waals surface area contributed by atoms with E-state index in [1.807, 2.05) is 29.2 Å². The van der Waals surface area contributed by atoms with Gasteiger partial charge in [-0.25, -0.2) is 4.98 Å². The first-order valence-corrected chi connectivity index (χ1v) is 11.7. The Bertz CT molecular complexity index is 910. The van der Waals surface area contributed by atoms with Gasteiger partial charge >= 0.3 is 0 Å². The van der Waals surface area contributed by atoms with Crippen LogP contribution in [0.4, 0.5) is 16.5 Å². The predicted octanol–water partition coefficient (Wildman–Crippen LogP) is 1.32. The molecule has 1 aromatic carbocycles. The van der Waals surface area contributed by atoms with Gasteiger partial charge in [0.15, 0.2) is 5.13 Å². The van der Waals surface area contributed by atoms with E-state index >= 15 is 0 Å². The van der Waals surface area contributed by atoms with Crippen molar-refractivity contribution in [3.63, 3.8) is 0 Å². The lowest BCUT2D eigenvalue weighted by molar-refractivity contribution is -0.119. The Balaban J connectivity index is 1.59. The van der Waals surface area contributed by atoms with E-state index < -0.39 is 0 Å². The molecule has 11 heteroatoms. The summed E-state index contributed by atoms with van der Waals surface area (Å²) in [7, 11) is 3.32. The average Bonchev–Trinajstić information content (AvgIpc) is 3.28. The summed E-state index contributed by atoms with van der Waals surface area (Å²) in [6.07, 6.45) is 0. The molecule has 0 unspecified atom stereocenters. The highest BCUT2D eigenvalue weighted by atomic mass is 32.1. The molecule has 180 valence electrons. The molecule has 1 fully saturated rings. The summed E-state index contributed by atoms with van der Waals surface area (Å²) in [6.45, 7) is 5.02. The summed E-state index contributed by atoms with van der Waals surface area (Å²) >= 11 is 1.39. The van der Waals surface area contributed by atoms with Crippen molar-refractivity contribution in [3.8, 4) is 0 Å². The van der Waals surface area contributed by atoms with Crippen molar-refractivity contribution in [1.82, 2.24) is 9.88 Å². The van der Waals surface area contributed by atoms with E-state index in [4.69, 9.17) is 15.2 Å². The van der Waals surface area contributed by atoms with E-state index in [1.165, 1.54) is 11.3 Å². The van der Waals surface area contributed by atoms with E-state index in [1.54, 1.807) is 19.6 Å². The molecule has 0 radical (unpaired) electrons. The van der Waals surface area contributed by atoms with Crippen LogP contribution in [0.1, 0.15) is 10.5 Å². The quantitative estimate of drug-likeness (QED) is 0.419. The van der Waals surface area contributed by atoms with Gasteiger partial charge in [-0.15, -0.1) is 11.3 Å². The van der Waals surface area contributed by atoms with Crippen molar-refractivity contribution >= 4 is 39.7 Å². The molecule has 2 heterocycles. The number of ether oxygens (including phenoxy) is 2. The number of hydrogen-bond acceptors (Lipinski definition) is 9. The number of nitrogens with two attached hydrogens (primary N) is 1. The molecule has 0 saturated carbocycles. The molecule has 0 aliphatic carbocycles. The molecule has 0 atom stereocenters. The van der Waals surface area contributed by atoms with Gasteiger partial charge in [0, 0.05) is 58.2 Å². The maximum Gasteiger partial charge on any atom is 0.275 e. The first kappa shape index (κ1) is 24.9. The topological polar surface area (TPSA) is 122 Å². The maximum atomic E-state index is 12.9. The number of methoxy groups -OCH3 is 2. The van der Waals surface area contributed by atoms with Crippen LogP contribution >= 0.6 is 11.3 Å². The van der Waals surface area contributed by atoms with E-state index in [0.717, 1.165) is 37.6 Å². The molecule has 0 spiro atoms. The highest BCUT2D eigenvalue weighted by Gasteiger charge is 2.21. The third-order valence-electron chi connectivity index (χ3n) is 5.33. The number of para-hydroxylation sites is 2. The van der Waals surface area contributed by atoms with E-state index in [-0.39, 0.29) is 24.3 Å². The third kappa shape index (κ3) is 7.39. The smallest absolute Gasteiger partial charge is 0.275 e. The molecule has 2 amide bonds. The number of anilines is 3. The van der Waals surface area contributed by atoms with Crippen LogP contribution in [0.15, 0.2) is 29.6 Å². The minimum atomic E-state index is -0.318. The highest BCUT2D eigenvalue weighted by Crippen LogP contribution is 2.27. The van der Waals surface area contributed by atoms with Gasteiger partial charge in [-0.1, -0.05) is 12.1 Å². The molecule has 1 saturated heterocycles. The first-order valence-electron chi connectivity index (χ1n) is 10.8. The van der Waals surface area contributed by atoms with Crippen molar-refractivity contribution in [2.75, 3.05) is 82.2 Å². The number of aromatic nitrogens is 1. The van der Waals surface area contributed by atoms with E-state index in [9.17, 15) is 9.59 Å². The second-order valence-electron chi connectivity index (χ2n) is 7.90. The van der Waals surface area contributed by atoms with Crippen LogP contribution in [0, 0.1) is 5.92 Å². The molecular formula is C22H32N6O4S. The van der Waals surface area contributed by atoms with Crippen LogP contribution in [0.25, 0.3) is 0 Å². The molecule has 10 nitrogen and oxygen atoms in total. The normalized spacial score (nSPS) is 14.5. The van der Waals surface area contributed by atoms with Crippen molar-refractivity contribution in [3.05, 3.63) is 35.3 Å². The number of nitrogens with zero attached hydrogens (tertiary/aromatic N) is 3. The van der Waals surface area contributed by atoms with Gasteiger partial charge in [-0.2, -0.15) is 0 Å². The summed E-state index contributed by atoms with van der Waals surface area (Å²) in [5, 5.41) is 8.67. The zero-order valence-electron chi connectivity index (χ0n) is 19.1. The monoisotopic (exact) mass is 476 g/mol. The Morgan fingerprint density at radius 1 is 1.15 bits per heavy atom. The van der Waals surface area contributed by atoms with Crippen LogP contribution in [-0.4, -0.2) is 88.4 Å². The van der Waals surface area contributed by atoms with Gasteiger partial charge in [0.05, 0.1) is 31.1 Å². The van der Waals surface area contributed by atoms with Crippen molar-refractivity contribution in [1.29, 1.82) is 0 Å². The van der Waals surface area contributed by atoms with Crippen LogP contribution in [0.5, 0.6) is 0 Å². The number of nitrogens with one attached hydrogen (secondary N) is 2. The maximum absolute atomic E-state index is 12.9. The molecule has 4 N–H and O–H groups in total. The summed E-state index contributed by atoms with van der Waals surface area (Å²) in [6, 6.07) is 7.71. The predicted molar refractivity (Wildman–Crippen MR) is 130 cm³/mol. The standard InChI is InChI=1S/C22H32N6O4S/c1-31-13-16(14-32-2)11-24-22-26-18(15-33-22)21(30)25-17-5-3-4-6-19(17)28-9-7-27(8-10-28)12-20(23)29/h3-6,15-16H,7-14H2,1-2H3,(H2,23,29)(H,24,26)(H,25,30). The zero-order valence-corrected chi connectivity index (χ0v) is 19.9. The van der Waals surface area contributed by atoms with Crippen molar-refractivity contribution in [2.24, 2.45) is 11.7 Å². The number of carbonyl (C=O) groups is 2. The van der Waals surface area contributed by atoms with Crippen molar-refractivity contribution < 1.29 is 19.1 Å². The lowest BCUT2D eigenvalue weighted by Crippen LogP contribution is -2.49. The number of hydrogen-bond donors (Lipinski definition) is 3. The van der Waals surface area contributed by atoms with E-state index in [2.05, 4.69) is 20.5 Å². The number of thiazole rings is 1. The second-order valence-corrected chi connectivity index (χ2v) is 8.75. The summed E-state index contributed by atoms with van der Waals surface area (Å²) in [5.41, 5.74) is 7.34. The number of carbonyl (C=O) groups excluding carboxylic acids is 2. The number of primary amides is 1. The number of piperazine rings is 1. The third-order valence-corrected chi connectivity index (χ3v) is 6.13. The van der Waals surface area contributed by atoms with Crippen LogP contribution < -0.4 is 21.3 Å². The van der Waals surface area contributed by atoms with Gasteiger partial charge in [0.25, 0.3) is 5.91 Å². The van der Waals surface area contributed by atoms with Crippen LogP contribution in [0.2, 0.25) is 0 Å². The SMILES string of the molecule is COCC(CNc1nc(C(=O)Nc2ccccc2N2CCN(CC(N)=O)CC2)cs1)COC. The Kier molecular flexibility index (Phi) is 9.43. The van der Waals surface area contributed by atoms with Crippen LogP contribution in [-0.2, 0) is 14.3 Å². The molecule has 1 aliphatic heterocycles. The lowest BCUT2D eigenvalue weighted by atomic mass is 10.2. The van der Waals surface area contributed by atoms with Crippen molar-refractivity contribution in [2.45, 2.75) is 0 Å². The molecule has 1 aliphatic rings. The first-order chi connectivity index (χ1) is 16.0. The van der Waals surface area contributed by atoms with E-state index in [0.29, 0.717) is 30.6 Å². The molecule has 2 aromatic rings. The minimum Gasteiger partial charge on any atom is -0.384 e. The fraction of sp³-hybridized carbons (Fsp3) is 0.500. The lowest BCUT2D eigenvalue weighted by Gasteiger charge is -2.36. The highest BCUT2D eigenvalue weighted by molar-refractivity contribution is 7.13. The van der Waals surface area contributed by atoms with Gasteiger partial charge in [-0.05, 0) is 12.1 Å². The van der Waals surface area contributed by atoms with Gasteiger partial charge in [0.2, 0.25) is 5.91 Å².